The molecule has 27 heavy (non-hydrogen) atoms. The number of nitrogens with zero attached hydrogens (tertiary/aromatic N) is 2. The van der Waals surface area contributed by atoms with E-state index < -0.39 is 5.97 Å². The number of hydrogen-bond acceptors (Lipinski definition) is 6. The van der Waals surface area contributed by atoms with Gasteiger partial charge in [-0.1, -0.05) is 47.9 Å². The molecular formula is C20H19ClN2O4. The third-order valence-corrected chi connectivity index (χ3v) is 4.36. The van der Waals surface area contributed by atoms with Crippen molar-refractivity contribution in [3.05, 3.63) is 64.5 Å². The van der Waals surface area contributed by atoms with E-state index in [0.717, 1.165) is 17.5 Å². The van der Waals surface area contributed by atoms with Gasteiger partial charge in [0.15, 0.2) is 13.2 Å². The number of esters is 1. The predicted octanol–water partition coefficient (Wildman–Crippen LogP) is 4.38. The first kappa shape index (κ1) is 18.9. The smallest absolute Gasteiger partial charge is 0.344 e. The van der Waals surface area contributed by atoms with Crippen molar-refractivity contribution in [2.75, 3.05) is 6.61 Å². The predicted molar refractivity (Wildman–Crippen MR) is 101 cm³/mol. The third-order valence-electron chi connectivity index (χ3n) is 3.93. The average molecular weight is 387 g/mol. The summed E-state index contributed by atoms with van der Waals surface area (Å²) >= 11 is 5.95. The molecule has 0 radical (unpaired) electrons. The van der Waals surface area contributed by atoms with E-state index in [1.807, 2.05) is 31.2 Å². The van der Waals surface area contributed by atoms with Crippen molar-refractivity contribution in [1.29, 1.82) is 0 Å². The van der Waals surface area contributed by atoms with E-state index in [2.05, 4.69) is 17.1 Å². The highest BCUT2D eigenvalue weighted by atomic mass is 35.5. The topological polar surface area (TPSA) is 74.5 Å². The summed E-state index contributed by atoms with van der Waals surface area (Å²) in [5.41, 5.74) is 2.94. The lowest BCUT2D eigenvalue weighted by Gasteiger charge is -2.07. The molecule has 0 unspecified atom stereocenters. The van der Waals surface area contributed by atoms with Gasteiger partial charge in [0.05, 0.1) is 0 Å². The minimum absolute atomic E-state index is 0.109. The van der Waals surface area contributed by atoms with Crippen molar-refractivity contribution in [3.63, 3.8) is 0 Å². The summed E-state index contributed by atoms with van der Waals surface area (Å²) in [4.78, 5) is 16.1. The van der Waals surface area contributed by atoms with Gasteiger partial charge in [-0.15, -0.1) is 0 Å². The Balaban J connectivity index is 1.50. The minimum Gasteiger partial charge on any atom is -0.482 e. The fraction of sp³-hybridized carbons (Fsp3) is 0.250. The average Bonchev–Trinajstić information content (AvgIpc) is 3.16. The SMILES string of the molecule is CCc1ccc(-c2noc(COC(=O)COc3ccc(Cl)c(C)c3)n2)cc1. The van der Waals surface area contributed by atoms with Crippen LogP contribution in [0.4, 0.5) is 0 Å². The summed E-state index contributed by atoms with van der Waals surface area (Å²) in [5, 5.41) is 4.55. The van der Waals surface area contributed by atoms with Crippen LogP contribution < -0.4 is 4.74 Å². The number of aryl methyl sites for hydroxylation is 2. The van der Waals surface area contributed by atoms with Gasteiger partial charge in [-0.25, -0.2) is 4.79 Å². The number of aromatic nitrogens is 2. The number of benzene rings is 2. The zero-order valence-electron chi connectivity index (χ0n) is 15.1. The lowest BCUT2D eigenvalue weighted by molar-refractivity contribution is -0.148. The minimum atomic E-state index is -0.533. The van der Waals surface area contributed by atoms with Crippen LogP contribution in [0.25, 0.3) is 11.4 Å². The second-order valence-electron chi connectivity index (χ2n) is 5.92. The van der Waals surface area contributed by atoms with E-state index in [0.29, 0.717) is 16.6 Å². The number of carbonyl (C=O) groups excluding carboxylic acids is 1. The summed E-state index contributed by atoms with van der Waals surface area (Å²) in [6, 6.07) is 13.1. The first-order valence-electron chi connectivity index (χ1n) is 8.51. The van der Waals surface area contributed by atoms with Crippen molar-refractivity contribution >= 4 is 17.6 Å². The van der Waals surface area contributed by atoms with Crippen LogP contribution in [-0.2, 0) is 22.6 Å². The summed E-state index contributed by atoms with van der Waals surface area (Å²) in [7, 11) is 0. The van der Waals surface area contributed by atoms with Gasteiger partial charge >= 0.3 is 5.97 Å². The fourth-order valence-electron chi connectivity index (χ4n) is 2.35. The van der Waals surface area contributed by atoms with Gasteiger partial charge in [0.1, 0.15) is 5.75 Å². The molecule has 1 aromatic heterocycles. The molecule has 0 amide bonds. The highest BCUT2D eigenvalue weighted by Gasteiger charge is 2.12. The van der Waals surface area contributed by atoms with Crippen LogP contribution >= 0.6 is 11.6 Å². The number of ether oxygens (including phenoxy) is 2. The summed E-state index contributed by atoms with van der Waals surface area (Å²) < 4.78 is 15.6. The molecule has 0 saturated carbocycles. The van der Waals surface area contributed by atoms with Gasteiger partial charge in [-0.3, -0.25) is 0 Å². The van der Waals surface area contributed by atoms with Crippen molar-refractivity contribution in [3.8, 4) is 17.1 Å². The third kappa shape index (κ3) is 5.08. The van der Waals surface area contributed by atoms with Gasteiger partial charge in [-0.2, -0.15) is 4.98 Å². The molecule has 0 N–H and O–H groups in total. The Morgan fingerprint density at radius 2 is 1.96 bits per heavy atom. The van der Waals surface area contributed by atoms with E-state index in [-0.39, 0.29) is 19.1 Å². The van der Waals surface area contributed by atoms with E-state index in [4.69, 9.17) is 25.6 Å². The number of carbonyl (C=O) groups is 1. The van der Waals surface area contributed by atoms with Crippen LogP contribution in [0.1, 0.15) is 23.9 Å². The van der Waals surface area contributed by atoms with Crippen molar-refractivity contribution < 1.29 is 18.8 Å². The molecule has 0 saturated heterocycles. The molecule has 1 heterocycles. The normalized spacial score (nSPS) is 10.6. The maximum atomic E-state index is 11.8. The molecule has 140 valence electrons. The molecule has 0 aliphatic carbocycles. The Morgan fingerprint density at radius 3 is 2.67 bits per heavy atom. The second-order valence-corrected chi connectivity index (χ2v) is 6.33. The van der Waals surface area contributed by atoms with Gasteiger partial charge in [0.25, 0.3) is 5.89 Å². The molecule has 7 heteroatoms. The van der Waals surface area contributed by atoms with E-state index in [9.17, 15) is 4.79 Å². The van der Waals surface area contributed by atoms with Crippen LogP contribution in [-0.4, -0.2) is 22.7 Å². The molecule has 3 rings (SSSR count). The Kier molecular flexibility index (Phi) is 6.08. The molecule has 0 fully saturated rings. The van der Waals surface area contributed by atoms with Crippen LogP contribution in [0.3, 0.4) is 0 Å². The molecule has 3 aromatic rings. The van der Waals surface area contributed by atoms with Gasteiger partial charge in [-0.05, 0) is 42.7 Å². The molecule has 0 aliphatic rings. The van der Waals surface area contributed by atoms with Crippen LogP contribution in [0.2, 0.25) is 5.02 Å². The summed E-state index contributed by atoms with van der Waals surface area (Å²) in [6.45, 7) is 3.62. The second kappa shape index (κ2) is 8.68. The Hall–Kier alpha value is -2.86. The Labute approximate surface area is 162 Å². The molecular weight excluding hydrogens is 368 g/mol. The summed E-state index contributed by atoms with van der Waals surface area (Å²) in [6.07, 6.45) is 0.964. The standard InChI is InChI=1S/C20H19ClN2O4/c1-3-14-4-6-15(7-5-14)20-22-18(27-23-20)11-26-19(24)12-25-16-8-9-17(21)13(2)10-16/h4-10H,3,11-12H2,1-2H3. The molecule has 0 atom stereocenters. The molecule has 0 spiro atoms. The zero-order valence-corrected chi connectivity index (χ0v) is 15.8. The highest BCUT2D eigenvalue weighted by Crippen LogP contribution is 2.21. The number of rotatable bonds is 7. The largest absolute Gasteiger partial charge is 0.482 e. The number of hydrogen-bond donors (Lipinski definition) is 0. The molecule has 2 aromatic carbocycles. The van der Waals surface area contributed by atoms with Crippen LogP contribution in [0.5, 0.6) is 5.75 Å². The van der Waals surface area contributed by atoms with Crippen LogP contribution in [0, 0.1) is 6.92 Å². The lowest BCUT2D eigenvalue weighted by atomic mass is 10.1. The van der Waals surface area contributed by atoms with Crippen molar-refractivity contribution in [2.45, 2.75) is 26.9 Å². The van der Waals surface area contributed by atoms with Crippen molar-refractivity contribution in [2.24, 2.45) is 0 Å². The van der Waals surface area contributed by atoms with E-state index in [1.54, 1.807) is 18.2 Å². The van der Waals surface area contributed by atoms with Crippen molar-refractivity contribution in [1.82, 2.24) is 10.1 Å². The molecule has 6 nitrogen and oxygen atoms in total. The quantitative estimate of drug-likeness (QED) is 0.561. The highest BCUT2D eigenvalue weighted by molar-refractivity contribution is 6.31. The zero-order chi connectivity index (χ0) is 19.2. The maximum absolute atomic E-state index is 11.8. The van der Waals surface area contributed by atoms with E-state index in [1.165, 1.54) is 5.56 Å². The number of halogens is 1. The first-order valence-corrected chi connectivity index (χ1v) is 8.89. The fourth-order valence-corrected chi connectivity index (χ4v) is 2.47. The van der Waals surface area contributed by atoms with Gasteiger partial charge in [0, 0.05) is 10.6 Å². The lowest BCUT2D eigenvalue weighted by Crippen LogP contribution is -2.14. The monoisotopic (exact) mass is 386 g/mol. The van der Waals surface area contributed by atoms with E-state index >= 15 is 0 Å². The first-order chi connectivity index (χ1) is 13.0. The summed E-state index contributed by atoms with van der Waals surface area (Å²) in [5.74, 6) is 0.691. The van der Waals surface area contributed by atoms with Crippen LogP contribution in [0.15, 0.2) is 47.0 Å². The Bertz CT molecular complexity index is 922. The molecule has 0 bridgehead atoms. The van der Waals surface area contributed by atoms with Gasteiger partial charge in [0.2, 0.25) is 5.82 Å². The molecule has 0 aliphatic heterocycles. The Morgan fingerprint density at radius 1 is 1.19 bits per heavy atom. The maximum Gasteiger partial charge on any atom is 0.344 e. The van der Waals surface area contributed by atoms with Gasteiger partial charge < -0.3 is 14.0 Å².